The van der Waals surface area contributed by atoms with Gasteiger partial charge >= 0.3 is 0 Å². The Hall–Kier alpha value is -1.29. The summed E-state index contributed by atoms with van der Waals surface area (Å²) < 4.78 is 2.02. The molecule has 0 saturated heterocycles. The summed E-state index contributed by atoms with van der Waals surface area (Å²) in [4.78, 5) is 8.48. The third kappa shape index (κ3) is 1.53. The van der Waals surface area contributed by atoms with Gasteiger partial charge in [0.15, 0.2) is 5.82 Å². The molecule has 1 saturated carbocycles. The van der Waals surface area contributed by atoms with Crippen LogP contribution in [0.2, 0.25) is 5.28 Å². The lowest BCUT2D eigenvalue weighted by atomic mass is 9.93. The van der Waals surface area contributed by atoms with Crippen molar-refractivity contribution in [1.82, 2.24) is 14.5 Å². The van der Waals surface area contributed by atoms with Gasteiger partial charge in [-0.1, -0.05) is 0 Å². The highest BCUT2D eigenvalue weighted by atomic mass is 35.5. The summed E-state index contributed by atoms with van der Waals surface area (Å²) in [6, 6.07) is 2.50. The van der Waals surface area contributed by atoms with Gasteiger partial charge in [0.25, 0.3) is 0 Å². The van der Waals surface area contributed by atoms with Crippen LogP contribution >= 0.6 is 11.6 Å². The number of hydrogen-bond donors (Lipinski definition) is 1. The first-order valence-electron chi connectivity index (χ1n) is 5.49. The normalized spacial score (nSPS) is 16.4. The summed E-state index contributed by atoms with van der Waals surface area (Å²) in [5, 5.41) is 3.74. The first-order valence-corrected chi connectivity index (χ1v) is 5.87. The maximum absolute atomic E-state index is 5.91. The number of hydrogen-bond acceptors (Lipinski definition) is 3. The van der Waals surface area contributed by atoms with Crippen LogP contribution in [0.15, 0.2) is 12.3 Å². The van der Waals surface area contributed by atoms with Crippen LogP contribution in [-0.2, 0) is 7.05 Å². The molecule has 0 amide bonds. The number of aromatic nitrogens is 3. The standard InChI is InChI=1S/C11H13ClN4/c1-16-6-5-8-9(16)10(15-11(12)14-8)13-7-3-2-4-7/h5-7H,2-4H2,1H3,(H,13,14,15). The van der Waals surface area contributed by atoms with Crippen LogP contribution in [0.1, 0.15) is 19.3 Å². The molecule has 0 radical (unpaired) electrons. The summed E-state index contributed by atoms with van der Waals surface area (Å²) in [6.45, 7) is 0. The molecule has 2 aromatic heterocycles. The molecule has 0 spiro atoms. The number of nitrogens with one attached hydrogen (secondary N) is 1. The number of halogens is 1. The monoisotopic (exact) mass is 236 g/mol. The van der Waals surface area contributed by atoms with Gasteiger partial charge in [-0.25, -0.2) is 4.98 Å². The van der Waals surface area contributed by atoms with Gasteiger partial charge in [-0.15, -0.1) is 0 Å². The number of aryl methyl sites for hydroxylation is 1. The van der Waals surface area contributed by atoms with E-state index in [9.17, 15) is 0 Å². The second kappa shape index (κ2) is 3.63. The maximum Gasteiger partial charge on any atom is 0.225 e. The van der Waals surface area contributed by atoms with E-state index in [4.69, 9.17) is 11.6 Å². The van der Waals surface area contributed by atoms with Crippen LogP contribution in [0.25, 0.3) is 11.0 Å². The fraction of sp³-hybridized carbons (Fsp3) is 0.455. The van der Waals surface area contributed by atoms with Crippen molar-refractivity contribution in [3.8, 4) is 0 Å². The van der Waals surface area contributed by atoms with Crippen molar-refractivity contribution in [3.63, 3.8) is 0 Å². The molecule has 0 aliphatic heterocycles. The van der Waals surface area contributed by atoms with Gasteiger partial charge in [0.05, 0.1) is 5.52 Å². The Kier molecular flexibility index (Phi) is 2.24. The minimum Gasteiger partial charge on any atom is -0.365 e. The van der Waals surface area contributed by atoms with Crippen LogP contribution in [0.4, 0.5) is 5.82 Å². The van der Waals surface area contributed by atoms with Gasteiger partial charge in [0.1, 0.15) is 5.52 Å². The van der Waals surface area contributed by atoms with Crippen LogP contribution in [0.5, 0.6) is 0 Å². The molecule has 2 aromatic rings. The van der Waals surface area contributed by atoms with E-state index in [2.05, 4.69) is 15.3 Å². The van der Waals surface area contributed by atoms with Gasteiger partial charge in [0.2, 0.25) is 5.28 Å². The van der Waals surface area contributed by atoms with E-state index >= 15 is 0 Å². The molecule has 1 aliphatic rings. The average Bonchev–Trinajstić information content (AvgIpc) is 2.53. The van der Waals surface area contributed by atoms with Crippen LogP contribution in [-0.4, -0.2) is 20.6 Å². The lowest BCUT2D eigenvalue weighted by molar-refractivity contribution is 0.444. The fourth-order valence-corrected chi connectivity index (χ4v) is 2.19. The van der Waals surface area contributed by atoms with Gasteiger partial charge in [-0.05, 0) is 36.9 Å². The smallest absolute Gasteiger partial charge is 0.225 e. The van der Waals surface area contributed by atoms with Crippen molar-refractivity contribution in [1.29, 1.82) is 0 Å². The van der Waals surface area contributed by atoms with Crippen molar-refractivity contribution in [2.45, 2.75) is 25.3 Å². The Morgan fingerprint density at radius 1 is 1.44 bits per heavy atom. The average molecular weight is 237 g/mol. The topological polar surface area (TPSA) is 42.7 Å². The Bertz CT molecular complexity index is 530. The van der Waals surface area contributed by atoms with Gasteiger partial charge in [-0.3, -0.25) is 0 Å². The SMILES string of the molecule is Cn1ccc2nc(Cl)nc(NC3CCC3)c21. The lowest BCUT2D eigenvalue weighted by Gasteiger charge is -2.27. The van der Waals surface area contributed by atoms with Gasteiger partial charge in [-0.2, -0.15) is 4.98 Å². The molecule has 0 atom stereocenters. The number of rotatable bonds is 2. The van der Waals surface area contributed by atoms with Crippen LogP contribution in [0, 0.1) is 0 Å². The summed E-state index contributed by atoms with van der Waals surface area (Å²) >= 11 is 5.91. The third-order valence-electron chi connectivity index (χ3n) is 3.14. The van der Waals surface area contributed by atoms with Crippen molar-refractivity contribution in [2.75, 3.05) is 5.32 Å². The minimum absolute atomic E-state index is 0.306. The predicted molar refractivity (Wildman–Crippen MR) is 64.8 cm³/mol. The van der Waals surface area contributed by atoms with E-state index in [1.54, 1.807) is 0 Å². The van der Waals surface area contributed by atoms with Crippen molar-refractivity contribution in [2.24, 2.45) is 7.05 Å². The molecule has 0 aromatic carbocycles. The van der Waals surface area contributed by atoms with E-state index in [1.807, 2.05) is 23.9 Å². The highest BCUT2D eigenvalue weighted by Crippen LogP contribution is 2.27. The summed E-state index contributed by atoms with van der Waals surface area (Å²) in [5.74, 6) is 0.854. The molecular weight excluding hydrogens is 224 g/mol. The minimum atomic E-state index is 0.306. The molecule has 16 heavy (non-hydrogen) atoms. The van der Waals surface area contributed by atoms with Crippen LogP contribution < -0.4 is 5.32 Å². The fourth-order valence-electron chi connectivity index (χ4n) is 2.01. The summed E-state index contributed by atoms with van der Waals surface area (Å²) in [7, 11) is 1.99. The molecule has 5 heteroatoms. The summed E-state index contributed by atoms with van der Waals surface area (Å²) in [6.07, 6.45) is 5.70. The quantitative estimate of drug-likeness (QED) is 0.815. The summed E-state index contributed by atoms with van der Waals surface area (Å²) in [5.41, 5.74) is 1.92. The molecule has 4 nitrogen and oxygen atoms in total. The number of nitrogens with zero attached hydrogens (tertiary/aromatic N) is 3. The van der Waals surface area contributed by atoms with Crippen molar-refractivity contribution >= 4 is 28.5 Å². The zero-order chi connectivity index (χ0) is 11.1. The molecule has 1 N–H and O–H groups in total. The van der Waals surface area contributed by atoms with Crippen molar-refractivity contribution in [3.05, 3.63) is 17.5 Å². The molecule has 0 unspecified atom stereocenters. The highest BCUT2D eigenvalue weighted by molar-refractivity contribution is 6.28. The Morgan fingerprint density at radius 2 is 2.25 bits per heavy atom. The largest absolute Gasteiger partial charge is 0.365 e. The zero-order valence-corrected chi connectivity index (χ0v) is 9.83. The van der Waals surface area contributed by atoms with E-state index in [0.717, 1.165) is 16.9 Å². The van der Waals surface area contributed by atoms with E-state index in [1.165, 1.54) is 19.3 Å². The van der Waals surface area contributed by atoms with E-state index < -0.39 is 0 Å². The lowest BCUT2D eigenvalue weighted by Crippen LogP contribution is -2.27. The van der Waals surface area contributed by atoms with Crippen molar-refractivity contribution < 1.29 is 0 Å². The van der Waals surface area contributed by atoms with Gasteiger partial charge < -0.3 is 9.88 Å². The van der Waals surface area contributed by atoms with E-state index in [0.29, 0.717) is 11.3 Å². The van der Waals surface area contributed by atoms with Crippen LogP contribution in [0.3, 0.4) is 0 Å². The predicted octanol–water partition coefficient (Wildman–Crippen LogP) is 2.59. The Balaban J connectivity index is 2.08. The highest BCUT2D eigenvalue weighted by Gasteiger charge is 2.19. The number of anilines is 1. The second-order valence-corrected chi connectivity index (χ2v) is 4.61. The third-order valence-corrected chi connectivity index (χ3v) is 3.31. The molecule has 1 aliphatic carbocycles. The first kappa shape index (κ1) is 9.90. The second-order valence-electron chi connectivity index (χ2n) is 4.27. The zero-order valence-electron chi connectivity index (χ0n) is 9.07. The molecular formula is C11H13ClN4. The molecule has 1 fully saturated rings. The maximum atomic E-state index is 5.91. The van der Waals surface area contributed by atoms with E-state index in [-0.39, 0.29) is 0 Å². The molecule has 84 valence electrons. The molecule has 3 rings (SSSR count). The molecule has 0 bridgehead atoms. The Morgan fingerprint density at radius 3 is 2.94 bits per heavy atom. The first-order chi connectivity index (χ1) is 7.74. The van der Waals surface area contributed by atoms with Gasteiger partial charge in [0, 0.05) is 19.3 Å². The Labute approximate surface area is 98.6 Å². The number of fused-ring (bicyclic) bond motifs is 1. The molecule has 2 heterocycles.